The highest BCUT2D eigenvalue weighted by atomic mass is 16.2. The first kappa shape index (κ1) is 23.0. The number of aliphatic imine (C=N–C) groups is 1. The summed E-state index contributed by atoms with van der Waals surface area (Å²) in [4.78, 5) is 23.0. The molecule has 0 saturated carbocycles. The van der Waals surface area contributed by atoms with E-state index in [0.29, 0.717) is 22.9 Å². The zero-order valence-electron chi connectivity index (χ0n) is 20.3. The third-order valence-corrected chi connectivity index (χ3v) is 5.99. The Morgan fingerprint density at radius 3 is 1.74 bits per heavy atom. The maximum atomic E-state index is 13.5. The number of aromatic nitrogens is 3. The van der Waals surface area contributed by atoms with Crippen molar-refractivity contribution in [3.63, 3.8) is 0 Å². The van der Waals surface area contributed by atoms with Crippen LogP contribution in [-0.4, -0.2) is 31.9 Å². The number of amides is 1. The lowest BCUT2D eigenvalue weighted by Gasteiger charge is -2.19. The molecule has 0 atom stereocenters. The van der Waals surface area contributed by atoms with Gasteiger partial charge < -0.3 is 0 Å². The van der Waals surface area contributed by atoms with E-state index in [9.17, 15) is 4.79 Å². The lowest BCUT2D eigenvalue weighted by molar-refractivity contribution is -0.121. The first-order valence-electron chi connectivity index (χ1n) is 12.1. The Morgan fingerprint density at radius 2 is 1.13 bits per heavy atom. The molecule has 5 aromatic rings. The molecule has 1 N–H and O–H groups in total. The zero-order valence-corrected chi connectivity index (χ0v) is 20.3. The molecule has 38 heavy (non-hydrogen) atoms. The predicted octanol–water partition coefficient (Wildman–Crippen LogP) is 5.86. The minimum Gasteiger partial charge on any atom is -0.265 e. The number of carbonyl (C=O) groups excluding carboxylic acids is 1. The van der Waals surface area contributed by atoms with E-state index in [4.69, 9.17) is 4.98 Å². The van der Waals surface area contributed by atoms with Gasteiger partial charge in [0, 0.05) is 16.7 Å². The molecular weight excluding hydrogens is 472 g/mol. The van der Waals surface area contributed by atoms with Crippen molar-refractivity contribution >= 4 is 23.8 Å². The molecule has 7 heteroatoms. The first-order chi connectivity index (χ1) is 18.8. The van der Waals surface area contributed by atoms with Gasteiger partial charge in [-0.25, -0.2) is 9.98 Å². The normalized spacial score (nSPS) is 14.0. The van der Waals surface area contributed by atoms with Crippen molar-refractivity contribution in [2.75, 3.05) is 5.43 Å². The molecule has 1 aromatic heterocycles. The SMILES string of the molecule is O=C1/C(=C/c2ccccc2)N=C(c2ccccc2)N1Nc1nnc(-c2ccccc2)c(-c2ccccc2)n1. The van der Waals surface area contributed by atoms with Crippen LogP contribution in [0.4, 0.5) is 5.95 Å². The summed E-state index contributed by atoms with van der Waals surface area (Å²) in [5.41, 5.74) is 8.12. The fourth-order valence-corrected chi connectivity index (χ4v) is 4.17. The Morgan fingerprint density at radius 1 is 0.605 bits per heavy atom. The van der Waals surface area contributed by atoms with Crippen molar-refractivity contribution in [1.82, 2.24) is 20.2 Å². The molecule has 0 unspecified atom stereocenters. The summed E-state index contributed by atoms with van der Waals surface area (Å²) in [5.74, 6) is 0.320. The van der Waals surface area contributed by atoms with Crippen LogP contribution in [0.15, 0.2) is 132 Å². The quantitative estimate of drug-likeness (QED) is 0.299. The molecule has 1 amide bonds. The second-order valence-corrected chi connectivity index (χ2v) is 8.56. The number of hydrogen-bond donors (Lipinski definition) is 1. The van der Waals surface area contributed by atoms with E-state index in [0.717, 1.165) is 22.3 Å². The smallest absolute Gasteiger partial charge is 0.265 e. The minimum atomic E-state index is -0.315. The van der Waals surface area contributed by atoms with Crippen LogP contribution < -0.4 is 5.43 Å². The van der Waals surface area contributed by atoms with Gasteiger partial charge in [0.1, 0.15) is 17.1 Å². The van der Waals surface area contributed by atoms with Crippen LogP contribution in [0.2, 0.25) is 0 Å². The highest BCUT2D eigenvalue weighted by Crippen LogP contribution is 2.29. The van der Waals surface area contributed by atoms with Crippen LogP contribution in [0.5, 0.6) is 0 Å². The molecule has 0 radical (unpaired) electrons. The molecule has 182 valence electrons. The molecule has 0 fully saturated rings. The van der Waals surface area contributed by atoms with Crippen molar-refractivity contribution in [3.8, 4) is 22.5 Å². The van der Waals surface area contributed by atoms with E-state index in [1.807, 2.05) is 121 Å². The van der Waals surface area contributed by atoms with Crippen LogP contribution in [-0.2, 0) is 4.79 Å². The monoisotopic (exact) mass is 494 g/mol. The van der Waals surface area contributed by atoms with E-state index in [1.54, 1.807) is 6.08 Å². The van der Waals surface area contributed by atoms with Gasteiger partial charge in [-0.3, -0.25) is 10.2 Å². The van der Waals surface area contributed by atoms with Crippen molar-refractivity contribution in [2.45, 2.75) is 0 Å². The second-order valence-electron chi connectivity index (χ2n) is 8.56. The molecular formula is C31H22N6O. The van der Waals surface area contributed by atoms with Crippen molar-refractivity contribution in [3.05, 3.63) is 138 Å². The zero-order chi connectivity index (χ0) is 25.7. The Kier molecular flexibility index (Phi) is 6.22. The summed E-state index contributed by atoms with van der Waals surface area (Å²) < 4.78 is 0. The van der Waals surface area contributed by atoms with Gasteiger partial charge in [-0.2, -0.15) is 5.01 Å². The molecule has 0 spiro atoms. The van der Waals surface area contributed by atoms with Crippen LogP contribution in [0.1, 0.15) is 11.1 Å². The van der Waals surface area contributed by atoms with E-state index in [1.165, 1.54) is 5.01 Å². The van der Waals surface area contributed by atoms with Crippen molar-refractivity contribution in [2.24, 2.45) is 4.99 Å². The fraction of sp³-hybridized carbons (Fsp3) is 0. The van der Waals surface area contributed by atoms with Gasteiger partial charge in [0.05, 0.1) is 0 Å². The number of nitrogens with one attached hydrogen (secondary N) is 1. The van der Waals surface area contributed by atoms with Gasteiger partial charge in [0.25, 0.3) is 11.9 Å². The summed E-state index contributed by atoms with van der Waals surface area (Å²) in [6, 6.07) is 38.7. The Balaban J connectivity index is 1.41. The molecule has 0 aliphatic carbocycles. The summed E-state index contributed by atoms with van der Waals surface area (Å²) in [7, 11) is 0. The van der Waals surface area contributed by atoms with Crippen LogP contribution in [0.3, 0.4) is 0 Å². The summed E-state index contributed by atoms with van der Waals surface area (Å²) in [6.07, 6.45) is 1.76. The lowest BCUT2D eigenvalue weighted by atomic mass is 10.0. The number of anilines is 1. The topological polar surface area (TPSA) is 83.4 Å². The van der Waals surface area contributed by atoms with Crippen LogP contribution in [0, 0.1) is 0 Å². The number of hydrogen-bond acceptors (Lipinski definition) is 6. The van der Waals surface area contributed by atoms with Gasteiger partial charge in [-0.05, 0) is 11.6 Å². The third-order valence-electron chi connectivity index (χ3n) is 5.99. The van der Waals surface area contributed by atoms with Gasteiger partial charge in [-0.15, -0.1) is 10.2 Å². The molecule has 4 aromatic carbocycles. The maximum absolute atomic E-state index is 13.5. The Bertz CT molecular complexity index is 1640. The lowest BCUT2D eigenvalue weighted by Crippen LogP contribution is -2.38. The fourth-order valence-electron chi connectivity index (χ4n) is 4.17. The number of hydrazine groups is 1. The van der Waals surface area contributed by atoms with Crippen molar-refractivity contribution < 1.29 is 4.79 Å². The summed E-state index contributed by atoms with van der Waals surface area (Å²) in [5, 5.41) is 10.2. The van der Waals surface area contributed by atoms with Crippen LogP contribution >= 0.6 is 0 Å². The largest absolute Gasteiger partial charge is 0.297 e. The number of benzene rings is 4. The number of nitrogens with zero attached hydrogens (tertiary/aromatic N) is 5. The van der Waals surface area contributed by atoms with Gasteiger partial charge in [-0.1, -0.05) is 121 Å². The van der Waals surface area contributed by atoms with Gasteiger partial charge in [0.15, 0.2) is 5.84 Å². The van der Waals surface area contributed by atoms with E-state index in [-0.39, 0.29) is 11.9 Å². The molecule has 0 bridgehead atoms. The average molecular weight is 495 g/mol. The first-order valence-corrected chi connectivity index (χ1v) is 12.1. The highest BCUT2D eigenvalue weighted by Gasteiger charge is 2.32. The molecule has 1 aliphatic rings. The third kappa shape index (κ3) is 4.68. The number of carbonyl (C=O) groups is 1. The van der Waals surface area contributed by atoms with Gasteiger partial charge >= 0.3 is 0 Å². The number of rotatable bonds is 6. The number of amidine groups is 1. The maximum Gasteiger partial charge on any atom is 0.297 e. The molecule has 6 rings (SSSR count). The molecule has 2 heterocycles. The summed E-state index contributed by atoms with van der Waals surface area (Å²) in [6.45, 7) is 0. The molecule has 7 nitrogen and oxygen atoms in total. The highest BCUT2D eigenvalue weighted by molar-refractivity contribution is 6.20. The van der Waals surface area contributed by atoms with Gasteiger partial charge in [0.2, 0.25) is 0 Å². The Labute approximate surface area is 219 Å². The summed E-state index contributed by atoms with van der Waals surface area (Å²) >= 11 is 0. The minimum absolute atomic E-state index is 0.182. The predicted molar refractivity (Wildman–Crippen MR) is 149 cm³/mol. The van der Waals surface area contributed by atoms with E-state index < -0.39 is 0 Å². The second kappa shape index (κ2) is 10.3. The van der Waals surface area contributed by atoms with Crippen molar-refractivity contribution in [1.29, 1.82) is 0 Å². The average Bonchev–Trinajstić information content (AvgIpc) is 3.29. The molecule has 0 saturated heterocycles. The Hall–Kier alpha value is -5.43. The molecule has 1 aliphatic heterocycles. The van der Waals surface area contributed by atoms with E-state index in [2.05, 4.69) is 20.6 Å². The standard InChI is InChI=1S/C31H22N6O/c38-30-26(21-22-13-5-1-6-14-22)32-29(25-19-11-4-12-20-25)37(30)36-31-33-27(23-15-7-2-8-16-23)28(34-35-31)24-17-9-3-10-18-24/h1-21H,(H,33,35,36)/b26-21-. The van der Waals surface area contributed by atoms with Crippen LogP contribution in [0.25, 0.3) is 28.6 Å². The van der Waals surface area contributed by atoms with E-state index >= 15 is 0 Å².